The summed E-state index contributed by atoms with van der Waals surface area (Å²) in [7, 11) is 0. The van der Waals surface area contributed by atoms with E-state index >= 15 is 0 Å². The van der Waals surface area contributed by atoms with E-state index in [4.69, 9.17) is 4.74 Å². The number of rotatable bonds is 1. The molecule has 76 valence electrons. The first-order chi connectivity index (χ1) is 6.66. The Balaban J connectivity index is 2.33. The minimum Gasteiger partial charge on any atom is -0.355 e. The second-order valence-corrected chi connectivity index (χ2v) is 3.50. The van der Waals surface area contributed by atoms with Gasteiger partial charge in [-0.25, -0.2) is 4.79 Å². The number of H-pyrrole nitrogens is 1. The van der Waals surface area contributed by atoms with Crippen LogP contribution >= 0.6 is 0 Å². The van der Waals surface area contributed by atoms with Crippen LogP contribution in [0.4, 0.5) is 0 Å². The summed E-state index contributed by atoms with van der Waals surface area (Å²) in [5.41, 5.74) is -0.783. The molecular formula is C9H12N2O3. The molecule has 0 aliphatic carbocycles. The van der Waals surface area contributed by atoms with Crippen molar-refractivity contribution in [2.75, 3.05) is 0 Å². The molecule has 0 amide bonds. The zero-order valence-electron chi connectivity index (χ0n) is 7.90. The lowest BCUT2D eigenvalue weighted by molar-refractivity contribution is 0.00792. The smallest absolute Gasteiger partial charge is 0.330 e. The highest BCUT2D eigenvalue weighted by molar-refractivity contribution is 4.85. The van der Waals surface area contributed by atoms with Gasteiger partial charge in [0, 0.05) is 12.3 Å². The van der Waals surface area contributed by atoms with E-state index in [9.17, 15) is 9.59 Å². The molecule has 2 rings (SSSR count). The van der Waals surface area contributed by atoms with Crippen LogP contribution < -0.4 is 11.2 Å². The predicted molar refractivity (Wildman–Crippen MR) is 50.1 cm³/mol. The minimum absolute atomic E-state index is 0.179. The molecule has 1 aliphatic rings. The Bertz CT molecular complexity index is 434. The summed E-state index contributed by atoms with van der Waals surface area (Å²) in [6, 6.07) is 1.33. The fourth-order valence-corrected chi connectivity index (χ4v) is 1.64. The highest BCUT2D eigenvalue weighted by Gasteiger charge is 2.23. The van der Waals surface area contributed by atoms with Crippen LogP contribution in [0.25, 0.3) is 0 Å². The normalized spacial score (nSPS) is 26.6. The molecule has 1 aromatic heterocycles. The number of ether oxygens (including phenoxy) is 1. The molecule has 5 heteroatoms. The van der Waals surface area contributed by atoms with Gasteiger partial charge in [-0.05, 0) is 19.8 Å². The van der Waals surface area contributed by atoms with Crippen LogP contribution in [0.5, 0.6) is 0 Å². The van der Waals surface area contributed by atoms with Gasteiger partial charge >= 0.3 is 5.69 Å². The molecular weight excluding hydrogens is 184 g/mol. The average Bonchev–Trinajstić information content (AvgIpc) is 2.51. The van der Waals surface area contributed by atoms with Crippen molar-refractivity contribution in [3.8, 4) is 0 Å². The van der Waals surface area contributed by atoms with Crippen molar-refractivity contribution in [3.63, 3.8) is 0 Å². The summed E-state index contributed by atoms with van der Waals surface area (Å²) in [4.78, 5) is 24.4. The van der Waals surface area contributed by atoms with Crippen LogP contribution in [0.2, 0.25) is 0 Å². The number of hydrogen-bond donors (Lipinski definition) is 1. The van der Waals surface area contributed by atoms with Crippen molar-refractivity contribution in [1.29, 1.82) is 0 Å². The summed E-state index contributed by atoms with van der Waals surface area (Å²) < 4.78 is 6.93. The van der Waals surface area contributed by atoms with Gasteiger partial charge in [0.25, 0.3) is 5.56 Å². The molecule has 14 heavy (non-hydrogen) atoms. The Kier molecular flexibility index (Phi) is 2.25. The van der Waals surface area contributed by atoms with Crippen molar-refractivity contribution >= 4 is 0 Å². The first kappa shape index (κ1) is 9.21. The summed E-state index contributed by atoms with van der Waals surface area (Å²) in [5.74, 6) is 0. The maximum absolute atomic E-state index is 11.4. The second kappa shape index (κ2) is 3.42. The first-order valence-corrected chi connectivity index (χ1v) is 4.64. The van der Waals surface area contributed by atoms with Gasteiger partial charge in [-0.3, -0.25) is 14.3 Å². The van der Waals surface area contributed by atoms with E-state index in [0.29, 0.717) is 0 Å². The largest absolute Gasteiger partial charge is 0.355 e. The topological polar surface area (TPSA) is 64.1 Å². The summed E-state index contributed by atoms with van der Waals surface area (Å²) in [6.45, 7) is 1.97. The molecule has 0 saturated carbocycles. The molecule has 2 unspecified atom stereocenters. The standard InChI is InChI=1S/C9H12N2O3/c1-6-2-3-8(14-6)11-5-4-7(12)10-9(11)13/h4-6,8H,2-3H2,1H3,(H,10,12,13). The molecule has 2 heterocycles. The number of hydrogen-bond acceptors (Lipinski definition) is 3. The maximum Gasteiger partial charge on any atom is 0.330 e. The van der Waals surface area contributed by atoms with Crippen LogP contribution in [0.15, 0.2) is 21.9 Å². The van der Waals surface area contributed by atoms with E-state index in [2.05, 4.69) is 4.98 Å². The van der Waals surface area contributed by atoms with Crippen LogP contribution in [0.3, 0.4) is 0 Å². The van der Waals surface area contributed by atoms with Gasteiger partial charge in [-0.1, -0.05) is 0 Å². The molecule has 5 nitrogen and oxygen atoms in total. The molecule has 0 bridgehead atoms. The summed E-state index contributed by atoms with van der Waals surface area (Å²) in [5, 5.41) is 0. The van der Waals surface area contributed by atoms with Gasteiger partial charge in [-0.15, -0.1) is 0 Å². The highest BCUT2D eigenvalue weighted by Crippen LogP contribution is 2.25. The fraction of sp³-hybridized carbons (Fsp3) is 0.556. The average molecular weight is 196 g/mol. The molecule has 0 radical (unpaired) electrons. The van der Waals surface area contributed by atoms with Crippen LogP contribution in [0, 0.1) is 0 Å². The van der Waals surface area contributed by atoms with Gasteiger partial charge in [-0.2, -0.15) is 0 Å². The Morgan fingerprint density at radius 2 is 2.29 bits per heavy atom. The lowest BCUT2D eigenvalue weighted by Gasteiger charge is -2.12. The predicted octanol–water partition coefficient (Wildman–Crippen LogP) is 0.234. The number of nitrogens with zero attached hydrogens (tertiary/aromatic N) is 1. The second-order valence-electron chi connectivity index (χ2n) is 3.50. The van der Waals surface area contributed by atoms with Crippen molar-refractivity contribution < 1.29 is 4.74 Å². The van der Waals surface area contributed by atoms with Crippen LogP contribution in [-0.4, -0.2) is 15.7 Å². The SMILES string of the molecule is CC1CCC(n2ccc(=O)[nH]c2=O)O1. The molecule has 2 atom stereocenters. The monoisotopic (exact) mass is 196 g/mol. The Morgan fingerprint density at radius 3 is 2.86 bits per heavy atom. The van der Waals surface area contributed by atoms with Gasteiger partial charge in [0.15, 0.2) is 0 Å². The minimum atomic E-state index is -0.406. The lowest BCUT2D eigenvalue weighted by atomic mass is 10.2. The third kappa shape index (κ3) is 1.63. The number of aromatic amines is 1. The quantitative estimate of drug-likeness (QED) is 0.699. The van der Waals surface area contributed by atoms with Gasteiger partial charge in [0.1, 0.15) is 6.23 Å². The van der Waals surface area contributed by atoms with Gasteiger partial charge < -0.3 is 4.74 Å². The zero-order valence-corrected chi connectivity index (χ0v) is 7.90. The third-order valence-corrected chi connectivity index (χ3v) is 2.37. The molecule has 1 saturated heterocycles. The lowest BCUT2D eigenvalue weighted by Crippen LogP contribution is -2.31. The van der Waals surface area contributed by atoms with Crippen molar-refractivity contribution in [1.82, 2.24) is 9.55 Å². The molecule has 1 aromatic rings. The van der Waals surface area contributed by atoms with Gasteiger partial charge in [0.2, 0.25) is 0 Å². The van der Waals surface area contributed by atoms with E-state index in [-0.39, 0.29) is 17.9 Å². The van der Waals surface area contributed by atoms with E-state index in [1.807, 2.05) is 6.92 Å². The number of nitrogens with one attached hydrogen (secondary N) is 1. The summed E-state index contributed by atoms with van der Waals surface area (Å²) >= 11 is 0. The highest BCUT2D eigenvalue weighted by atomic mass is 16.5. The third-order valence-electron chi connectivity index (χ3n) is 2.37. The Labute approximate surface area is 80.3 Å². The first-order valence-electron chi connectivity index (χ1n) is 4.64. The number of aromatic nitrogens is 2. The Hall–Kier alpha value is -1.36. The van der Waals surface area contributed by atoms with Crippen molar-refractivity contribution in [2.45, 2.75) is 32.1 Å². The van der Waals surface area contributed by atoms with Gasteiger partial charge in [0.05, 0.1) is 6.10 Å². The van der Waals surface area contributed by atoms with E-state index in [1.54, 1.807) is 0 Å². The van der Waals surface area contributed by atoms with Crippen LogP contribution in [-0.2, 0) is 4.74 Å². The van der Waals surface area contributed by atoms with Crippen molar-refractivity contribution in [2.24, 2.45) is 0 Å². The summed E-state index contributed by atoms with van der Waals surface area (Å²) in [6.07, 6.45) is 3.18. The molecule has 0 aromatic carbocycles. The molecule has 1 aliphatic heterocycles. The van der Waals surface area contributed by atoms with E-state index in [0.717, 1.165) is 12.8 Å². The van der Waals surface area contributed by atoms with E-state index in [1.165, 1.54) is 16.8 Å². The van der Waals surface area contributed by atoms with Crippen LogP contribution in [0.1, 0.15) is 26.0 Å². The molecule has 0 spiro atoms. The maximum atomic E-state index is 11.4. The zero-order chi connectivity index (χ0) is 10.1. The Morgan fingerprint density at radius 1 is 1.50 bits per heavy atom. The molecule has 1 fully saturated rings. The molecule has 1 N–H and O–H groups in total. The van der Waals surface area contributed by atoms with Crippen molar-refractivity contribution in [3.05, 3.63) is 33.1 Å². The fourth-order valence-electron chi connectivity index (χ4n) is 1.64. The van der Waals surface area contributed by atoms with E-state index < -0.39 is 5.69 Å².